The number of tetrazole rings is 1. The molecule has 0 radical (unpaired) electrons. The maximum absolute atomic E-state index is 5.07. The van der Waals surface area contributed by atoms with Crippen molar-refractivity contribution in [3.05, 3.63) is 24.2 Å². The van der Waals surface area contributed by atoms with Crippen molar-refractivity contribution in [3.63, 3.8) is 0 Å². The Hall–Kier alpha value is -2.91. The van der Waals surface area contributed by atoms with Crippen LogP contribution in [0.15, 0.2) is 12.5 Å². The van der Waals surface area contributed by atoms with Crippen LogP contribution >= 0.6 is 0 Å². The number of rotatable bonds is 2. The number of hydrogen-bond donors (Lipinski definition) is 0. The fourth-order valence-electron chi connectivity index (χ4n) is 6.86. The summed E-state index contributed by atoms with van der Waals surface area (Å²) in [5.41, 5.74) is 1.61. The van der Waals surface area contributed by atoms with E-state index in [1.165, 1.54) is 6.42 Å². The summed E-state index contributed by atoms with van der Waals surface area (Å²) in [7, 11) is 1.90. The zero-order valence-electron chi connectivity index (χ0n) is 16.5. The molecule has 2 atom stereocenters. The highest BCUT2D eigenvalue weighted by molar-refractivity contribution is 5.88. The van der Waals surface area contributed by atoms with E-state index in [-0.39, 0.29) is 11.0 Å². The molecule has 4 aromatic heterocycles. The Labute approximate surface area is 166 Å². The van der Waals surface area contributed by atoms with Crippen LogP contribution in [0, 0.1) is 18.8 Å². The van der Waals surface area contributed by atoms with Crippen LogP contribution in [0.5, 0.6) is 0 Å². The number of aryl methyl sites for hydroxylation is 2. The lowest BCUT2D eigenvalue weighted by Gasteiger charge is -2.60. The molecule has 10 heteroatoms. The summed E-state index contributed by atoms with van der Waals surface area (Å²) in [6.45, 7) is 1.91. The second kappa shape index (κ2) is 4.98. The minimum atomic E-state index is -0.0509. The quantitative estimate of drug-likeness (QED) is 0.511. The average molecular weight is 390 g/mol. The van der Waals surface area contributed by atoms with E-state index in [4.69, 9.17) is 10.1 Å². The van der Waals surface area contributed by atoms with E-state index < -0.39 is 0 Å². The molecular formula is C19H22N10. The van der Waals surface area contributed by atoms with E-state index in [0.717, 1.165) is 60.4 Å². The van der Waals surface area contributed by atoms with Gasteiger partial charge in [0.25, 0.3) is 0 Å². The van der Waals surface area contributed by atoms with Crippen molar-refractivity contribution in [3.8, 4) is 0 Å². The molecule has 4 heterocycles. The molecule has 0 spiro atoms. The molecular weight excluding hydrogens is 368 g/mol. The minimum Gasteiger partial charge on any atom is -0.250 e. The number of fused-ring (bicyclic) bond motifs is 3. The Balaban J connectivity index is 1.40. The maximum atomic E-state index is 5.07. The van der Waals surface area contributed by atoms with Gasteiger partial charge in [-0.15, -0.1) is 15.3 Å². The topological polar surface area (TPSA) is 104 Å². The third-order valence-electron chi connectivity index (χ3n) is 7.51. The summed E-state index contributed by atoms with van der Waals surface area (Å²) in [6.07, 6.45) is 10.5. The molecule has 10 nitrogen and oxygen atoms in total. The summed E-state index contributed by atoms with van der Waals surface area (Å²) in [4.78, 5) is 11.5. The minimum absolute atomic E-state index is 0.0217. The molecule has 4 aliphatic carbocycles. The fourth-order valence-corrected chi connectivity index (χ4v) is 6.86. The van der Waals surface area contributed by atoms with Crippen molar-refractivity contribution >= 4 is 16.7 Å². The first-order valence-electron chi connectivity index (χ1n) is 10.3. The van der Waals surface area contributed by atoms with E-state index >= 15 is 0 Å². The van der Waals surface area contributed by atoms with Gasteiger partial charge < -0.3 is 0 Å². The molecule has 148 valence electrons. The van der Waals surface area contributed by atoms with E-state index in [1.807, 2.05) is 29.5 Å². The Bertz CT molecular complexity index is 1260. The number of aromatic nitrogens is 10. The van der Waals surface area contributed by atoms with E-state index in [9.17, 15) is 0 Å². The van der Waals surface area contributed by atoms with Gasteiger partial charge in [0.05, 0.1) is 17.1 Å². The SMILES string of the molecule is Cc1nnn(C23C[C@@H]4C[C@H](CC(c5nc6c7cnn(C)c7ncn6n5)(C4)C2)C3)n1. The summed E-state index contributed by atoms with van der Waals surface area (Å²) >= 11 is 0. The normalized spacial score (nSPS) is 33.3. The van der Waals surface area contributed by atoms with Gasteiger partial charge in [0, 0.05) is 12.5 Å². The van der Waals surface area contributed by atoms with Crippen molar-refractivity contribution in [2.24, 2.45) is 18.9 Å². The van der Waals surface area contributed by atoms with Gasteiger partial charge in [-0.25, -0.2) is 14.5 Å². The van der Waals surface area contributed by atoms with Crippen LogP contribution in [0.3, 0.4) is 0 Å². The molecule has 4 fully saturated rings. The third-order valence-corrected chi connectivity index (χ3v) is 7.51. The van der Waals surface area contributed by atoms with Crippen molar-refractivity contribution in [2.45, 2.75) is 56.4 Å². The first-order valence-corrected chi connectivity index (χ1v) is 10.3. The zero-order valence-corrected chi connectivity index (χ0v) is 16.5. The molecule has 0 unspecified atom stereocenters. The molecule has 4 aromatic rings. The van der Waals surface area contributed by atoms with Crippen LogP contribution in [0.4, 0.5) is 0 Å². The van der Waals surface area contributed by atoms with Crippen LogP contribution in [0.2, 0.25) is 0 Å². The smallest absolute Gasteiger partial charge is 0.171 e. The predicted molar refractivity (Wildman–Crippen MR) is 102 cm³/mol. The summed E-state index contributed by atoms with van der Waals surface area (Å²) in [6, 6.07) is 0. The van der Waals surface area contributed by atoms with E-state index in [0.29, 0.717) is 11.8 Å². The lowest BCUT2D eigenvalue weighted by molar-refractivity contribution is -0.0785. The molecule has 4 saturated carbocycles. The first kappa shape index (κ1) is 15.9. The molecule has 0 saturated heterocycles. The first-order chi connectivity index (χ1) is 14.0. The lowest BCUT2D eigenvalue weighted by Crippen LogP contribution is -2.59. The number of hydrogen-bond acceptors (Lipinski definition) is 7. The molecule has 4 aliphatic rings. The van der Waals surface area contributed by atoms with Gasteiger partial charge in [-0.2, -0.15) is 9.90 Å². The predicted octanol–water partition coefficient (Wildman–Crippen LogP) is 1.55. The monoisotopic (exact) mass is 390 g/mol. The van der Waals surface area contributed by atoms with Gasteiger partial charge in [0.2, 0.25) is 0 Å². The third kappa shape index (κ3) is 1.99. The van der Waals surface area contributed by atoms with Crippen molar-refractivity contribution in [1.29, 1.82) is 0 Å². The Morgan fingerprint density at radius 3 is 2.66 bits per heavy atom. The van der Waals surface area contributed by atoms with Gasteiger partial charge >= 0.3 is 0 Å². The highest BCUT2D eigenvalue weighted by atomic mass is 15.6. The Morgan fingerprint density at radius 2 is 1.90 bits per heavy atom. The Morgan fingerprint density at radius 1 is 1.07 bits per heavy atom. The highest BCUT2D eigenvalue weighted by Crippen LogP contribution is 2.64. The van der Waals surface area contributed by atoms with Gasteiger partial charge in [-0.05, 0) is 62.5 Å². The van der Waals surface area contributed by atoms with Gasteiger partial charge in [-0.3, -0.25) is 4.68 Å². The van der Waals surface area contributed by atoms with Crippen LogP contribution in [-0.2, 0) is 18.0 Å². The van der Waals surface area contributed by atoms with Gasteiger partial charge in [-0.1, -0.05) is 0 Å². The van der Waals surface area contributed by atoms with Crippen LogP contribution in [0.1, 0.15) is 50.2 Å². The fraction of sp³-hybridized carbons (Fsp3) is 0.632. The van der Waals surface area contributed by atoms with Crippen LogP contribution in [0.25, 0.3) is 16.7 Å². The standard InChI is InChI=1S/C19H22N10/c1-11-23-26-29(24-11)19-6-12-3-13(7-19)5-18(4-12,9-19)17-22-16-14-8-21-27(2)15(14)20-10-28(16)25-17/h8,10,12-13H,3-7,9H2,1-2H3/t12-,13-,18?,19?/m1/s1. The molecule has 0 aliphatic heterocycles. The largest absolute Gasteiger partial charge is 0.250 e. The highest BCUT2D eigenvalue weighted by Gasteiger charge is 2.61. The maximum Gasteiger partial charge on any atom is 0.171 e. The second-order valence-electron chi connectivity index (χ2n) is 9.55. The van der Waals surface area contributed by atoms with E-state index in [2.05, 4.69) is 25.5 Å². The van der Waals surface area contributed by atoms with Crippen LogP contribution < -0.4 is 0 Å². The van der Waals surface area contributed by atoms with Crippen LogP contribution in [-0.4, -0.2) is 49.6 Å². The van der Waals surface area contributed by atoms with Crippen molar-refractivity contribution < 1.29 is 0 Å². The molecule has 0 N–H and O–H groups in total. The summed E-state index contributed by atoms with van der Waals surface area (Å²) in [5, 5.41) is 23.5. The molecule has 0 aromatic carbocycles. The Kier molecular flexibility index (Phi) is 2.74. The average Bonchev–Trinajstić information content (AvgIpc) is 3.39. The van der Waals surface area contributed by atoms with E-state index in [1.54, 1.807) is 11.0 Å². The molecule has 29 heavy (non-hydrogen) atoms. The molecule has 8 rings (SSSR count). The second-order valence-corrected chi connectivity index (χ2v) is 9.55. The number of nitrogens with zero attached hydrogens (tertiary/aromatic N) is 10. The van der Waals surface area contributed by atoms with Crippen molar-refractivity contribution in [1.82, 2.24) is 49.6 Å². The lowest BCUT2D eigenvalue weighted by atomic mass is 9.46. The summed E-state index contributed by atoms with van der Waals surface area (Å²) < 4.78 is 3.60. The molecule has 0 amide bonds. The van der Waals surface area contributed by atoms with Crippen molar-refractivity contribution in [2.75, 3.05) is 0 Å². The van der Waals surface area contributed by atoms with Gasteiger partial charge in [0.1, 0.15) is 6.33 Å². The molecule has 4 bridgehead atoms. The summed E-state index contributed by atoms with van der Waals surface area (Å²) in [5.74, 6) is 3.04. The van der Waals surface area contributed by atoms with Gasteiger partial charge in [0.15, 0.2) is 22.9 Å². The zero-order chi connectivity index (χ0) is 19.4.